The molecule has 0 saturated carbocycles. The third-order valence-corrected chi connectivity index (χ3v) is 4.30. The highest BCUT2D eigenvalue weighted by Crippen LogP contribution is 2.02. The van der Waals surface area contributed by atoms with Gasteiger partial charge >= 0.3 is 0 Å². The number of hydrogen-bond acceptors (Lipinski definition) is 4. The Balaban J connectivity index is 1.59. The Morgan fingerprint density at radius 3 is 2.56 bits per heavy atom. The average Bonchev–Trinajstić information content (AvgIpc) is 2.67. The molecule has 1 N–H and O–H groups in total. The van der Waals surface area contributed by atoms with Gasteiger partial charge in [-0.15, -0.1) is 0 Å². The smallest absolute Gasteiger partial charge is 0.253 e. The first-order valence-electron chi connectivity index (χ1n) is 8.55. The third kappa shape index (κ3) is 5.01. The Hall–Kier alpha value is -2.44. The van der Waals surface area contributed by atoms with Crippen molar-refractivity contribution in [3.8, 4) is 0 Å². The first kappa shape index (κ1) is 17.4. The normalized spacial score (nSPS) is 15.0. The van der Waals surface area contributed by atoms with Gasteiger partial charge in [-0.3, -0.25) is 14.5 Å². The molecular formula is C19H23N3O3. The van der Waals surface area contributed by atoms with Crippen molar-refractivity contribution in [3.63, 3.8) is 0 Å². The number of amides is 1. The summed E-state index contributed by atoms with van der Waals surface area (Å²) in [4.78, 5) is 26.6. The molecule has 1 amide bonds. The van der Waals surface area contributed by atoms with Gasteiger partial charge in [-0.05, 0) is 11.6 Å². The van der Waals surface area contributed by atoms with Crippen LogP contribution in [0.4, 0.5) is 0 Å². The largest absolute Gasteiger partial charge is 0.379 e. The number of nitrogens with one attached hydrogen (secondary N) is 1. The minimum Gasteiger partial charge on any atom is -0.379 e. The molecule has 2 aromatic rings. The van der Waals surface area contributed by atoms with Crippen LogP contribution in [0.15, 0.2) is 53.5 Å². The summed E-state index contributed by atoms with van der Waals surface area (Å²) in [5.74, 6) is -0.177. The molecule has 1 aromatic heterocycles. The molecule has 3 rings (SSSR count). The lowest BCUT2D eigenvalue weighted by Crippen LogP contribution is -2.39. The van der Waals surface area contributed by atoms with Gasteiger partial charge in [0, 0.05) is 45.0 Å². The SMILES string of the molecule is O=C(NCc1ccccc1)c1ccc(=O)n(CCN2CCOCC2)c1. The van der Waals surface area contributed by atoms with Gasteiger partial charge in [-0.25, -0.2) is 0 Å². The fourth-order valence-corrected chi connectivity index (χ4v) is 2.79. The number of carbonyl (C=O) groups excluding carboxylic acids is 1. The standard InChI is InChI=1S/C19H23N3O3/c23-18-7-6-17(19(24)20-14-16-4-2-1-3-5-16)15-22(18)9-8-21-10-12-25-13-11-21/h1-7,15H,8-14H2,(H,20,24). The maximum absolute atomic E-state index is 12.3. The van der Waals surface area contributed by atoms with Gasteiger partial charge in [0.1, 0.15) is 0 Å². The van der Waals surface area contributed by atoms with Crippen molar-refractivity contribution in [2.24, 2.45) is 0 Å². The van der Waals surface area contributed by atoms with Crippen molar-refractivity contribution < 1.29 is 9.53 Å². The first-order chi connectivity index (χ1) is 12.2. The molecule has 1 saturated heterocycles. The quantitative estimate of drug-likeness (QED) is 0.855. The fraction of sp³-hybridized carbons (Fsp3) is 0.368. The summed E-state index contributed by atoms with van der Waals surface area (Å²) in [5.41, 5.74) is 1.45. The van der Waals surface area contributed by atoms with Gasteiger partial charge in [-0.2, -0.15) is 0 Å². The van der Waals surface area contributed by atoms with Crippen LogP contribution >= 0.6 is 0 Å². The average molecular weight is 341 g/mol. The predicted octanol–water partition coefficient (Wildman–Crippen LogP) is 1.11. The molecule has 6 nitrogen and oxygen atoms in total. The van der Waals surface area contributed by atoms with Gasteiger partial charge in [-0.1, -0.05) is 30.3 Å². The zero-order chi connectivity index (χ0) is 17.5. The van der Waals surface area contributed by atoms with Crippen molar-refractivity contribution >= 4 is 5.91 Å². The molecule has 0 bridgehead atoms. The van der Waals surface area contributed by atoms with Crippen LogP contribution in [0, 0.1) is 0 Å². The number of carbonyl (C=O) groups is 1. The number of hydrogen-bond donors (Lipinski definition) is 1. The molecule has 0 unspecified atom stereocenters. The summed E-state index contributed by atoms with van der Waals surface area (Å²) >= 11 is 0. The number of rotatable bonds is 6. The van der Waals surface area contributed by atoms with Crippen LogP contribution < -0.4 is 10.9 Å². The summed E-state index contributed by atoms with van der Waals surface area (Å²) in [6.07, 6.45) is 1.64. The third-order valence-electron chi connectivity index (χ3n) is 4.30. The topological polar surface area (TPSA) is 63.6 Å². The lowest BCUT2D eigenvalue weighted by Gasteiger charge is -2.26. The second kappa shape index (κ2) is 8.60. The predicted molar refractivity (Wildman–Crippen MR) is 95.6 cm³/mol. The fourth-order valence-electron chi connectivity index (χ4n) is 2.79. The highest BCUT2D eigenvalue weighted by Gasteiger charge is 2.11. The van der Waals surface area contributed by atoms with Gasteiger partial charge in [0.25, 0.3) is 11.5 Å². The van der Waals surface area contributed by atoms with E-state index in [1.807, 2.05) is 30.3 Å². The van der Waals surface area contributed by atoms with Crippen molar-refractivity contribution in [1.29, 1.82) is 0 Å². The summed E-state index contributed by atoms with van der Waals surface area (Å²) in [6, 6.07) is 12.8. The van der Waals surface area contributed by atoms with Gasteiger partial charge in [0.05, 0.1) is 18.8 Å². The van der Waals surface area contributed by atoms with Crippen LogP contribution in [-0.2, 0) is 17.8 Å². The van der Waals surface area contributed by atoms with E-state index in [2.05, 4.69) is 10.2 Å². The highest BCUT2D eigenvalue weighted by atomic mass is 16.5. The molecular weight excluding hydrogens is 318 g/mol. The van der Waals surface area contributed by atoms with Gasteiger partial charge in [0.2, 0.25) is 0 Å². The van der Waals surface area contributed by atoms with Crippen LogP contribution in [0.3, 0.4) is 0 Å². The van der Waals surface area contributed by atoms with E-state index in [4.69, 9.17) is 4.74 Å². The van der Waals surface area contributed by atoms with Crippen LogP contribution in [0.1, 0.15) is 15.9 Å². The molecule has 0 radical (unpaired) electrons. The summed E-state index contributed by atoms with van der Waals surface area (Å²) in [7, 11) is 0. The lowest BCUT2D eigenvalue weighted by molar-refractivity contribution is 0.0363. The van der Waals surface area contributed by atoms with Crippen molar-refractivity contribution in [2.75, 3.05) is 32.8 Å². The Kier molecular flexibility index (Phi) is 5.98. The highest BCUT2D eigenvalue weighted by molar-refractivity contribution is 5.93. The Morgan fingerprint density at radius 2 is 1.80 bits per heavy atom. The molecule has 0 atom stereocenters. The zero-order valence-electron chi connectivity index (χ0n) is 14.2. The molecule has 0 spiro atoms. The van der Waals surface area contributed by atoms with Gasteiger partial charge < -0.3 is 14.6 Å². The molecule has 1 fully saturated rings. The molecule has 132 valence electrons. The second-order valence-corrected chi connectivity index (χ2v) is 6.07. The van der Waals surface area contributed by atoms with Gasteiger partial charge in [0.15, 0.2) is 0 Å². The van der Waals surface area contributed by atoms with E-state index >= 15 is 0 Å². The lowest BCUT2D eigenvalue weighted by atomic mass is 10.2. The monoisotopic (exact) mass is 341 g/mol. The Bertz CT molecular complexity index is 752. The van der Waals surface area contributed by atoms with E-state index in [9.17, 15) is 9.59 Å². The molecule has 25 heavy (non-hydrogen) atoms. The minimum atomic E-state index is -0.177. The molecule has 2 heterocycles. The summed E-state index contributed by atoms with van der Waals surface area (Å²) in [6.45, 7) is 5.04. The second-order valence-electron chi connectivity index (χ2n) is 6.07. The number of aromatic nitrogens is 1. The summed E-state index contributed by atoms with van der Waals surface area (Å²) < 4.78 is 6.93. The molecule has 1 aliphatic rings. The molecule has 6 heteroatoms. The number of nitrogens with zero attached hydrogens (tertiary/aromatic N) is 2. The minimum absolute atomic E-state index is 0.0899. The van der Waals surface area contributed by atoms with E-state index in [0.29, 0.717) is 18.7 Å². The van der Waals surface area contributed by atoms with E-state index in [1.54, 1.807) is 16.8 Å². The number of pyridine rings is 1. The van der Waals surface area contributed by atoms with E-state index in [1.165, 1.54) is 6.07 Å². The number of benzene rings is 1. The van der Waals surface area contributed by atoms with Crippen LogP contribution in [-0.4, -0.2) is 48.2 Å². The zero-order valence-corrected chi connectivity index (χ0v) is 14.2. The number of morpholine rings is 1. The van der Waals surface area contributed by atoms with E-state index in [-0.39, 0.29) is 11.5 Å². The van der Waals surface area contributed by atoms with Crippen LogP contribution in [0.25, 0.3) is 0 Å². The maximum Gasteiger partial charge on any atom is 0.253 e. The number of ether oxygens (including phenoxy) is 1. The van der Waals surface area contributed by atoms with Crippen molar-refractivity contribution in [2.45, 2.75) is 13.1 Å². The summed E-state index contributed by atoms with van der Waals surface area (Å²) in [5, 5.41) is 2.89. The first-order valence-corrected chi connectivity index (χ1v) is 8.55. The molecule has 0 aliphatic carbocycles. The molecule has 1 aliphatic heterocycles. The van der Waals surface area contributed by atoms with Crippen LogP contribution in [0.2, 0.25) is 0 Å². The maximum atomic E-state index is 12.3. The van der Waals surface area contributed by atoms with Crippen molar-refractivity contribution in [3.05, 3.63) is 70.1 Å². The van der Waals surface area contributed by atoms with Crippen LogP contribution in [0.5, 0.6) is 0 Å². The van der Waals surface area contributed by atoms with E-state index in [0.717, 1.165) is 38.4 Å². The molecule has 1 aromatic carbocycles. The van der Waals surface area contributed by atoms with E-state index < -0.39 is 0 Å². The Labute approximate surface area is 147 Å². The van der Waals surface area contributed by atoms with Crippen molar-refractivity contribution in [1.82, 2.24) is 14.8 Å². The Morgan fingerprint density at radius 1 is 1.04 bits per heavy atom.